The number of ether oxygens (including phenoxy) is 1. The second-order valence-electron chi connectivity index (χ2n) is 3.70. The molecule has 0 radical (unpaired) electrons. The quantitative estimate of drug-likeness (QED) is 0.717. The first-order chi connectivity index (χ1) is 8.16. The number of nitrogens with one attached hydrogen (secondary N) is 2. The molecule has 0 unspecified atom stereocenters. The maximum atomic E-state index is 11.8. The van der Waals surface area contributed by atoms with Crippen LogP contribution >= 0.6 is 12.4 Å². The molecule has 18 heavy (non-hydrogen) atoms. The van der Waals surface area contributed by atoms with Gasteiger partial charge in [-0.15, -0.1) is 12.4 Å². The maximum Gasteiger partial charge on any atom is 0.256 e. The number of carbonyl (C=O) groups excluding carboxylic acids is 1. The zero-order valence-corrected chi connectivity index (χ0v) is 11.7. The van der Waals surface area contributed by atoms with Gasteiger partial charge in [-0.1, -0.05) is 5.16 Å². The van der Waals surface area contributed by atoms with E-state index in [1.165, 1.54) is 0 Å². The third-order valence-electron chi connectivity index (χ3n) is 2.33. The van der Waals surface area contributed by atoms with E-state index in [-0.39, 0.29) is 18.3 Å². The van der Waals surface area contributed by atoms with Crippen molar-refractivity contribution in [2.45, 2.75) is 13.8 Å². The Labute approximate surface area is 113 Å². The van der Waals surface area contributed by atoms with Crippen molar-refractivity contribution in [2.24, 2.45) is 0 Å². The molecule has 0 aliphatic heterocycles. The van der Waals surface area contributed by atoms with Crippen molar-refractivity contribution in [1.82, 2.24) is 15.8 Å². The number of aromatic nitrogens is 1. The highest BCUT2D eigenvalue weighted by molar-refractivity contribution is 5.96. The number of hydrogen-bond donors (Lipinski definition) is 2. The first kappa shape index (κ1) is 16.9. The molecule has 2 N–H and O–H groups in total. The van der Waals surface area contributed by atoms with Crippen molar-refractivity contribution in [1.29, 1.82) is 0 Å². The van der Waals surface area contributed by atoms with Gasteiger partial charge in [0, 0.05) is 26.7 Å². The fourth-order valence-electron chi connectivity index (χ4n) is 1.46. The van der Waals surface area contributed by atoms with Gasteiger partial charge in [-0.2, -0.15) is 0 Å². The molecule has 0 fully saturated rings. The minimum absolute atomic E-state index is 0. The number of carbonyl (C=O) groups is 1. The van der Waals surface area contributed by atoms with Gasteiger partial charge in [0.1, 0.15) is 11.3 Å². The second kappa shape index (κ2) is 8.91. The summed E-state index contributed by atoms with van der Waals surface area (Å²) in [6.07, 6.45) is 0. The first-order valence-corrected chi connectivity index (χ1v) is 5.57. The fraction of sp³-hybridized carbons (Fsp3) is 0.636. The summed E-state index contributed by atoms with van der Waals surface area (Å²) < 4.78 is 9.82. The predicted octanol–water partition coefficient (Wildman–Crippen LogP) is 0.679. The van der Waals surface area contributed by atoms with Crippen LogP contribution in [0.3, 0.4) is 0 Å². The Hall–Kier alpha value is -1.11. The monoisotopic (exact) mass is 277 g/mol. The second-order valence-corrected chi connectivity index (χ2v) is 3.70. The average Bonchev–Trinajstić information content (AvgIpc) is 2.63. The largest absolute Gasteiger partial charge is 0.383 e. The number of nitrogens with zero attached hydrogens (tertiary/aromatic N) is 1. The molecule has 1 rings (SSSR count). The Bertz CT molecular complexity index is 349. The Morgan fingerprint density at radius 3 is 2.61 bits per heavy atom. The van der Waals surface area contributed by atoms with E-state index in [0.29, 0.717) is 36.7 Å². The van der Waals surface area contributed by atoms with Crippen molar-refractivity contribution < 1.29 is 14.1 Å². The minimum atomic E-state index is -0.144. The van der Waals surface area contributed by atoms with Crippen LogP contribution in [0.4, 0.5) is 0 Å². The lowest BCUT2D eigenvalue weighted by molar-refractivity contribution is 0.0951. The number of rotatable bonds is 7. The van der Waals surface area contributed by atoms with Crippen LogP contribution in [0.25, 0.3) is 0 Å². The van der Waals surface area contributed by atoms with Crippen LogP contribution in [-0.4, -0.2) is 44.4 Å². The summed E-state index contributed by atoms with van der Waals surface area (Å²) >= 11 is 0. The normalized spacial score (nSPS) is 9.94. The average molecular weight is 278 g/mol. The Morgan fingerprint density at radius 1 is 1.33 bits per heavy atom. The molecule has 1 heterocycles. The number of hydrogen-bond acceptors (Lipinski definition) is 5. The van der Waals surface area contributed by atoms with Crippen molar-refractivity contribution in [3.8, 4) is 0 Å². The molecule has 0 saturated heterocycles. The van der Waals surface area contributed by atoms with Gasteiger partial charge in [-0.05, 0) is 13.8 Å². The zero-order valence-electron chi connectivity index (χ0n) is 10.9. The molecule has 1 aromatic rings. The third-order valence-corrected chi connectivity index (χ3v) is 2.33. The summed E-state index contributed by atoms with van der Waals surface area (Å²) in [7, 11) is 1.65. The van der Waals surface area contributed by atoms with Crippen LogP contribution in [0, 0.1) is 13.8 Å². The van der Waals surface area contributed by atoms with E-state index < -0.39 is 0 Å². The van der Waals surface area contributed by atoms with Gasteiger partial charge < -0.3 is 19.9 Å². The predicted molar refractivity (Wildman–Crippen MR) is 70.3 cm³/mol. The lowest BCUT2D eigenvalue weighted by Gasteiger charge is -2.06. The van der Waals surface area contributed by atoms with Crippen LogP contribution in [0.2, 0.25) is 0 Å². The molecular weight excluding hydrogens is 258 g/mol. The van der Waals surface area contributed by atoms with E-state index >= 15 is 0 Å². The number of aryl methyl sites for hydroxylation is 2. The summed E-state index contributed by atoms with van der Waals surface area (Å²) in [6, 6.07) is 0. The van der Waals surface area contributed by atoms with E-state index in [2.05, 4.69) is 15.8 Å². The van der Waals surface area contributed by atoms with Crippen LogP contribution in [0.1, 0.15) is 21.8 Å². The van der Waals surface area contributed by atoms with Crippen LogP contribution < -0.4 is 10.6 Å². The third kappa shape index (κ3) is 5.03. The van der Waals surface area contributed by atoms with E-state index in [9.17, 15) is 4.79 Å². The Balaban J connectivity index is 0.00000289. The highest BCUT2D eigenvalue weighted by atomic mass is 35.5. The molecule has 0 spiro atoms. The van der Waals surface area contributed by atoms with Crippen LogP contribution in [0.15, 0.2) is 4.52 Å². The van der Waals surface area contributed by atoms with E-state index in [1.54, 1.807) is 21.0 Å². The van der Waals surface area contributed by atoms with Crippen molar-refractivity contribution in [2.75, 3.05) is 33.4 Å². The molecular formula is C11H20ClN3O3. The number of methoxy groups -OCH3 is 1. The molecule has 0 saturated carbocycles. The van der Waals surface area contributed by atoms with Gasteiger partial charge in [0.15, 0.2) is 0 Å². The Kier molecular flexibility index (Phi) is 8.36. The topological polar surface area (TPSA) is 76.4 Å². The lowest BCUT2D eigenvalue weighted by Crippen LogP contribution is -2.33. The molecule has 104 valence electrons. The Morgan fingerprint density at radius 2 is 2.06 bits per heavy atom. The molecule has 1 amide bonds. The van der Waals surface area contributed by atoms with Gasteiger partial charge >= 0.3 is 0 Å². The molecule has 1 aromatic heterocycles. The minimum Gasteiger partial charge on any atom is -0.383 e. The van der Waals surface area contributed by atoms with Gasteiger partial charge in [0.25, 0.3) is 5.91 Å². The van der Waals surface area contributed by atoms with E-state index in [1.807, 2.05) is 0 Å². The van der Waals surface area contributed by atoms with Crippen LogP contribution in [0.5, 0.6) is 0 Å². The van der Waals surface area contributed by atoms with E-state index in [0.717, 1.165) is 6.54 Å². The summed E-state index contributed by atoms with van der Waals surface area (Å²) in [5.41, 5.74) is 1.15. The smallest absolute Gasteiger partial charge is 0.256 e. The molecule has 0 aliphatic carbocycles. The zero-order chi connectivity index (χ0) is 12.7. The van der Waals surface area contributed by atoms with Gasteiger partial charge in [0.05, 0.1) is 12.3 Å². The molecule has 0 bridgehead atoms. The summed E-state index contributed by atoms with van der Waals surface area (Å²) in [5, 5.41) is 9.68. The lowest BCUT2D eigenvalue weighted by atomic mass is 10.2. The number of amides is 1. The van der Waals surface area contributed by atoms with Gasteiger partial charge in [-0.25, -0.2) is 0 Å². The summed E-state index contributed by atoms with van der Waals surface area (Å²) in [6.45, 7) is 6.19. The molecule has 6 nitrogen and oxygen atoms in total. The molecule has 0 aromatic carbocycles. The van der Waals surface area contributed by atoms with Crippen LogP contribution in [-0.2, 0) is 4.74 Å². The maximum absolute atomic E-state index is 11.8. The fourth-order valence-corrected chi connectivity index (χ4v) is 1.46. The summed E-state index contributed by atoms with van der Waals surface area (Å²) in [4.78, 5) is 11.8. The molecule has 0 atom stereocenters. The van der Waals surface area contributed by atoms with Crippen molar-refractivity contribution >= 4 is 18.3 Å². The first-order valence-electron chi connectivity index (χ1n) is 5.57. The van der Waals surface area contributed by atoms with Gasteiger partial charge in [-0.3, -0.25) is 4.79 Å². The van der Waals surface area contributed by atoms with Crippen molar-refractivity contribution in [3.05, 3.63) is 17.0 Å². The molecule has 7 heteroatoms. The highest BCUT2D eigenvalue weighted by Gasteiger charge is 2.16. The SMILES string of the molecule is COCCNCCNC(=O)c1c(C)noc1C.Cl. The highest BCUT2D eigenvalue weighted by Crippen LogP contribution is 2.11. The van der Waals surface area contributed by atoms with E-state index in [4.69, 9.17) is 9.26 Å². The number of halogens is 1. The van der Waals surface area contributed by atoms with Gasteiger partial charge in [0.2, 0.25) is 0 Å². The summed E-state index contributed by atoms with van der Waals surface area (Å²) in [5.74, 6) is 0.405. The molecule has 0 aliphatic rings. The van der Waals surface area contributed by atoms with Crippen molar-refractivity contribution in [3.63, 3.8) is 0 Å². The standard InChI is InChI=1S/C11H19N3O3.ClH/c1-8-10(9(2)17-14-8)11(15)13-5-4-12-6-7-16-3;/h12H,4-7H2,1-3H3,(H,13,15);1H.